The molecule has 0 aliphatic carbocycles. The minimum absolute atomic E-state index is 0.118. The number of aromatic nitrogens is 2. The maximum atomic E-state index is 8.86. The third-order valence-corrected chi connectivity index (χ3v) is 5.02. The van der Waals surface area contributed by atoms with E-state index in [1.165, 1.54) is 24.2 Å². The van der Waals surface area contributed by atoms with E-state index >= 15 is 0 Å². The minimum atomic E-state index is -0.118. The topological polar surface area (TPSA) is 75.2 Å². The molecule has 4 heterocycles. The molecule has 0 radical (unpaired) electrons. The number of thiophene rings is 1. The maximum Gasteiger partial charge on any atom is 0.268 e. The van der Waals surface area contributed by atoms with E-state index in [1.54, 1.807) is 6.07 Å². The van der Waals surface area contributed by atoms with Crippen LogP contribution >= 0.6 is 11.3 Å². The van der Waals surface area contributed by atoms with Crippen LogP contribution in [0.5, 0.6) is 0 Å². The molecule has 2 aromatic heterocycles. The van der Waals surface area contributed by atoms with Gasteiger partial charge in [0.25, 0.3) is 5.89 Å². The first-order valence-corrected chi connectivity index (χ1v) is 7.85. The summed E-state index contributed by atoms with van der Waals surface area (Å²) in [6.45, 7) is 2.70. The van der Waals surface area contributed by atoms with Gasteiger partial charge in [0.1, 0.15) is 17.1 Å². The monoisotopic (exact) mass is 302 g/mol. The van der Waals surface area contributed by atoms with Gasteiger partial charge in [-0.15, -0.1) is 11.3 Å². The molecule has 2 atom stereocenters. The Hall–Kier alpha value is -1.75. The molecule has 0 saturated carbocycles. The Morgan fingerprint density at radius 2 is 2.38 bits per heavy atom. The van der Waals surface area contributed by atoms with Crippen molar-refractivity contribution in [2.45, 2.75) is 25.0 Å². The van der Waals surface area contributed by atoms with Crippen LogP contribution in [-0.4, -0.2) is 40.8 Å². The predicted octanol–water partition coefficient (Wildman–Crippen LogP) is 2.21. The molecule has 6 nitrogen and oxygen atoms in total. The number of nitriles is 1. The SMILES string of the molecule is N#Cc1ccc(-c2nc(C3CN4CCCC4CO3)no2)s1. The molecule has 0 bridgehead atoms. The average molecular weight is 302 g/mol. The van der Waals surface area contributed by atoms with Crippen molar-refractivity contribution in [3.8, 4) is 16.8 Å². The van der Waals surface area contributed by atoms with Gasteiger partial charge in [-0.25, -0.2) is 0 Å². The van der Waals surface area contributed by atoms with Crippen LogP contribution in [-0.2, 0) is 4.74 Å². The lowest BCUT2D eigenvalue weighted by molar-refractivity contribution is -0.0548. The second-order valence-corrected chi connectivity index (χ2v) is 6.43. The molecule has 4 rings (SSSR count). The molecule has 2 unspecified atom stereocenters. The number of rotatable bonds is 2. The van der Waals surface area contributed by atoms with Crippen LogP contribution in [0.25, 0.3) is 10.8 Å². The Morgan fingerprint density at radius 1 is 1.43 bits per heavy atom. The summed E-state index contributed by atoms with van der Waals surface area (Å²) >= 11 is 1.35. The first kappa shape index (κ1) is 13.0. The Balaban J connectivity index is 1.53. The fraction of sp³-hybridized carbons (Fsp3) is 0.500. The van der Waals surface area contributed by atoms with Gasteiger partial charge in [-0.2, -0.15) is 10.2 Å². The number of ether oxygens (including phenoxy) is 1. The van der Waals surface area contributed by atoms with Crippen LogP contribution in [0.1, 0.15) is 29.6 Å². The molecule has 2 aromatic rings. The van der Waals surface area contributed by atoms with E-state index < -0.39 is 0 Å². The molecule has 2 fully saturated rings. The normalized spacial score (nSPS) is 25.7. The summed E-state index contributed by atoms with van der Waals surface area (Å²) in [6, 6.07) is 6.26. The van der Waals surface area contributed by atoms with Crippen molar-refractivity contribution in [3.63, 3.8) is 0 Å². The fourth-order valence-corrected chi connectivity index (χ4v) is 3.68. The summed E-state index contributed by atoms with van der Waals surface area (Å²) in [5.41, 5.74) is 0. The van der Waals surface area contributed by atoms with Gasteiger partial charge >= 0.3 is 0 Å². The third kappa shape index (κ3) is 2.35. The van der Waals surface area contributed by atoms with E-state index in [4.69, 9.17) is 14.5 Å². The van der Waals surface area contributed by atoms with Crippen molar-refractivity contribution in [2.75, 3.05) is 19.7 Å². The molecule has 21 heavy (non-hydrogen) atoms. The van der Waals surface area contributed by atoms with Crippen molar-refractivity contribution in [1.29, 1.82) is 5.26 Å². The van der Waals surface area contributed by atoms with Gasteiger partial charge in [-0.1, -0.05) is 5.16 Å². The van der Waals surface area contributed by atoms with Crippen molar-refractivity contribution in [3.05, 3.63) is 22.8 Å². The highest BCUT2D eigenvalue weighted by molar-refractivity contribution is 7.15. The van der Waals surface area contributed by atoms with Crippen LogP contribution in [0.2, 0.25) is 0 Å². The maximum absolute atomic E-state index is 8.86. The molecular weight excluding hydrogens is 288 g/mol. The summed E-state index contributed by atoms with van der Waals surface area (Å²) in [4.78, 5) is 8.34. The summed E-state index contributed by atoms with van der Waals surface area (Å²) in [5, 5.41) is 12.9. The van der Waals surface area contributed by atoms with Crippen LogP contribution in [0, 0.1) is 11.3 Å². The summed E-state index contributed by atoms with van der Waals surface area (Å²) in [6.07, 6.45) is 2.34. The number of hydrogen-bond acceptors (Lipinski definition) is 7. The molecule has 108 valence electrons. The largest absolute Gasteiger partial charge is 0.367 e. The fourth-order valence-electron chi connectivity index (χ4n) is 2.95. The lowest BCUT2D eigenvalue weighted by Gasteiger charge is -2.33. The molecule has 0 N–H and O–H groups in total. The number of nitrogens with zero attached hydrogens (tertiary/aromatic N) is 4. The van der Waals surface area contributed by atoms with Gasteiger partial charge < -0.3 is 9.26 Å². The minimum Gasteiger partial charge on any atom is -0.367 e. The van der Waals surface area contributed by atoms with Gasteiger partial charge in [0.15, 0.2) is 0 Å². The van der Waals surface area contributed by atoms with E-state index in [0.29, 0.717) is 22.6 Å². The van der Waals surface area contributed by atoms with Crippen molar-refractivity contribution >= 4 is 11.3 Å². The quantitative estimate of drug-likeness (QED) is 0.846. The molecule has 2 aliphatic heterocycles. The number of hydrogen-bond donors (Lipinski definition) is 0. The van der Waals surface area contributed by atoms with Crippen molar-refractivity contribution in [1.82, 2.24) is 15.0 Å². The van der Waals surface area contributed by atoms with Crippen LogP contribution in [0.4, 0.5) is 0 Å². The zero-order valence-electron chi connectivity index (χ0n) is 11.4. The third-order valence-electron chi connectivity index (χ3n) is 4.05. The summed E-state index contributed by atoms with van der Waals surface area (Å²) in [5.74, 6) is 1.06. The lowest BCUT2D eigenvalue weighted by atomic mass is 10.2. The first-order valence-electron chi connectivity index (χ1n) is 7.03. The van der Waals surface area contributed by atoms with Gasteiger partial charge in [0, 0.05) is 12.6 Å². The highest BCUT2D eigenvalue weighted by Crippen LogP contribution is 2.31. The average Bonchev–Trinajstić information content (AvgIpc) is 3.24. The predicted molar refractivity (Wildman–Crippen MR) is 75.6 cm³/mol. The van der Waals surface area contributed by atoms with E-state index in [0.717, 1.165) is 24.6 Å². The number of morpholine rings is 1. The van der Waals surface area contributed by atoms with Gasteiger partial charge in [-0.3, -0.25) is 4.90 Å². The molecule has 0 spiro atoms. The van der Waals surface area contributed by atoms with E-state index in [1.807, 2.05) is 6.07 Å². The van der Waals surface area contributed by atoms with Crippen LogP contribution in [0.15, 0.2) is 16.7 Å². The van der Waals surface area contributed by atoms with E-state index in [9.17, 15) is 0 Å². The highest BCUT2D eigenvalue weighted by Gasteiger charge is 2.35. The highest BCUT2D eigenvalue weighted by atomic mass is 32.1. The van der Waals surface area contributed by atoms with Gasteiger partial charge in [0.05, 0.1) is 11.5 Å². The second-order valence-electron chi connectivity index (χ2n) is 5.35. The molecule has 0 amide bonds. The van der Waals surface area contributed by atoms with Crippen molar-refractivity contribution < 1.29 is 9.26 Å². The zero-order valence-corrected chi connectivity index (χ0v) is 12.2. The molecular formula is C14H14N4O2S. The van der Waals surface area contributed by atoms with Crippen molar-refractivity contribution in [2.24, 2.45) is 0 Å². The smallest absolute Gasteiger partial charge is 0.268 e. The molecule has 0 aromatic carbocycles. The summed E-state index contributed by atoms with van der Waals surface area (Å²) < 4.78 is 11.2. The van der Waals surface area contributed by atoms with Gasteiger partial charge in [-0.05, 0) is 31.5 Å². The zero-order chi connectivity index (χ0) is 14.2. The lowest BCUT2D eigenvalue weighted by Crippen LogP contribution is -2.42. The van der Waals surface area contributed by atoms with Crippen LogP contribution < -0.4 is 0 Å². The van der Waals surface area contributed by atoms with Gasteiger partial charge in [0.2, 0.25) is 5.82 Å². The first-order chi connectivity index (χ1) is 10.3. The van der Waals surface area contributed by atoms with E-state index in [2.05, 4.69) is 21.1 Å². The summed E-state index contributed by atoms with van der Waals surface area (Å²) in [7, 11) is 0. The Morgan fingerprint density at radius 3 is 3.24 bits per heavy atom. The second kappa shape index (κ2) is 5.22. The Labute approximate surface area is 125 Å². The molecule has 2 aliphatic rings. The molecule has 2 saturated heterocycles. The molecule has 7 heteroatoms. The Kier molecular flexibility index (Phi) is 3.22. The number of fused-ring (bicyclic) bond motifs is 1. The van der Waals surface area contributed by atoms with Crippen LogP contribution in [0.3, 0.4) is 0 Å². The Bertz CT molecular complexity index is 689. The van der Waals surface area contributed by atoms with E-state index in [-0.39, 0.29) is 6.10 Å². The standard InChI is InChI=1S/C14H14N4O2S/c15-6-10-3-4-12(21-10)14-16-13(17-20-14)11-7-18-5-1-2-9(18)8-19-11/h3-4,9,11H,1-2,5,7-8H2.